The van der Waals surface area contributed by atoms with Gasteiger partial charge in [-0.3, -0.25) is 0 Å². The van der Waals surface area contributed by atoms with Crippen molar-refractivity contribution >= 4 is 22.6 Å². The lowest BCUT2D eigenvalue weighted by molar-refractivity contribution is 1.05. The maximum absolute atomic E-state index is 2.42. The van der Waals surface area contributed by atoms with Gasteiger partial charge in [0.2, 0.25) is 0 Å². The fourth-order valence-electron chi connectivity index (χ4n) is 9.52. The Morgan fingerprint density at radius 1 is 0.269 bits per heavy atom. The molecule has 0 N–H and O–H groups in total. The highest BCUT2D eigenvalue weighted by Crippen LogP contribution is 2.45. The van der Waals surface area contributed by atoms with Gasteiger partial charge in [0.25, 0.3) is 0 Å². The van der Waals surface area contributed by atoms with Crippen molar-refractivity contribution in [3.8, 4) is 77.9 Å². The largest absolute Gasteiger partial charge is 0.310 e. The van der Waals surface area contributed by atoms with Crippen LogP contribution in [0.5, 0.6) is 0 Å². The molecule has 0 radical (unpaired) electrons. The lowest BCUT2D eigenvalue weighted by atomic mass is 9.83. The Morgan fingerprint density at radius 3 is 1.06 bits per heavy atom. The zero-order valence-corrected chi connectivity index (χ0v) is 37.3. The van der Waals surface area contributed by atoms with Crippen molar-refractivity contribution < 1.29 is 0 Å². The molecule has 11 rings (SSSR count). The van der Waals surface area contributed by atoms with Crippen molar-refractivity contribution in [2.75, 3.05) is 4.90 Å². The van der Waals surface area contributed by atoms with Gasteiger partial charge in [-0.25, -0.2) is 0 Å². The average molecular weight is 856 g/mol. The molecule has 0 spiro atoms. The minimum atomic E-state index is 0.997. The van der Waals surface area contributed by atoms with Gasteiger partial charge in [-0.2, -0.15) is 0 Å². The molecule has 1 aliphatic rings. The van der Waals surface area contributed by atoms with Crippen LogP contribution in [0.3, 0.4) is 0 Å². The smallest absolute Gasteiger partial charge is 0.0473 e. The van der Waals surface area contributed by atoms with E-state index in [1.807, 2.05) is 0 Å². The molecule has 10 aromatic carbocycles. The van der Waals surface area contributed by atoms with Crippen LogP contribution >= 0.6 is 0 Å². The Bertz CT molecular complexity index is 3260. The van der Waals surface area contributed by atoms with Crippen molar-refractivity contribution in [3.63, 3.8) is 0 Å². The molecule has 0 amide bonds. The zero-order valence-electron chi connectivity index (χ0n) is 37.3. The van der Waals surface area contributed by atoms with Crippen LogP contribution in [0.15, 0.2) is 273 Å². The number of anilines is 3. The van der Waals surface area contributed by atoms with Gasteiger partial charge in [-0.05, 0) is 156 Å². The van der Waals surface area contributed by atoms with E-state index in [9.17, 15) is 0 Å². The highest BCUT2D eigenvalue weighted by atomic mass is 15.1. The molecule has 0 fully saturated rings. The summed E-state index contributed by atoms with van der Waals surface area (Å²) >= 11 is 0. The SMILES string of the molecule is C1=CCCC(c2cc(-c3ccccc3)cc(-c3ccccc3)c2-c2ccc(N(c3ccc(-c4ccc(-c5ccccc5)cc4)cc3)c3cc(-c4ccccc4)cc(-c4ccccc4)c3)cc2)=C1. The van der Waals surface area contributed by atoms with E-state index in [1.54, 1.807) is 0 Å². The van der Waals surface area contributed by atoms with E-state index in [4.69, 9.17) is 0 Å². The number of benzene rings is 10. The van der Waals surface area contributed by atoms with Crippen molar-refractivity contribution in [1.82, 2.24) is 0 Å². The van der Waals surface area contributed by atoms with Crippen molar-refractivity contribution in [2.24, 2.45) is 0 Å². The van der Waals surface area contributed by atoms with Gasteiger partial charge >= 0.3 is 0 Å². The number of hydrogen-bond donors (Lipinski definition) is 0. The molecule has 318 valence electrons. The fourth-order valence-corrected chi connectivity index (χ4v) is 9.52. The normalized spacial score (nSPS) is 12.1. The molecule has 1 aliphatic carbocycles. The van der Waals surface area contributed by atoms with E-state index < -0.39 is 0 Å². The lowest BCUT2D eigenvalue weighted by Crippen LogP contribution is -2.10. The van der Waals surface area contributed by atoms with Crippen molar-refractivity contribution in [3.05, 3.63) is 279 Å². The Hall–Kier alpha value is -8.52. The van der Waals surface area contributed by atoms with Crippen LogP contribution in [0, 0.1) is 0 Å². The molecule has 0 aliphatic heterocycles. The summed E-state index contributed by atoms with van der Waals surface area (Å²) in [5, 5.41) is 0. The van der Waals surface area contributed by atoms with Crippen LogP contribution in [0.2, 0.25) is 0 Å². The highest BCUT2D eigenvalue weighted by molar-refractivity contribution is 5.96. The Kier molecular flexibility index (Phi) is 11.6. The second kappa shape index (κ2) is 18.9. The summed E-state index contributed by atoms with van der Waals surface area (Å²) < 4.78 is 0. The molecule has 0 heterocycles. The predicted molar refractivity (Wildman–Crippen MR) is 286 cm³/mol. The minimum Gasteiger partial charge on any atom is -0.310 e. The van der Waals surface area contributed by atoms with Crippen LogP contribution in [0.1, 0.15) is 18.4 Å². The number of hydrogen-bond acceptors (Lipinski definition) is 1. The molecule has 0 aromatic heterocycles. The Morgan fingerprint density at radius 2 is 0.627 bits per heavy atom. The van der Waals surface area contributed by atoms with E-state index in [2.05, 4.69) is 278 Å². The van der Waals surface area contributed by atoms with Crippen molar-refractivity contribution in [1.29, 1.82) is 0 Å². The first kappa shape index (κ1) is 41.2. The van der Waals surface area contributed by atoms with Crippen LogP contribution in [-0.4, -0.2) is 0 Å². The maximum atomic E-state index is 2.42. The summed E-state index contributed by atoms with van der Waals surface area (Å²) in [5.41, 5.74) is 22.7. The van der Waals surface area contributed by atoms with Crippen LogP contribution < -0.4 is 4.90 Å². The topological polar surface area (TPSA) is 3.24 Å². The van der Waals surface area contributed by atoms with Crippen LogP contribution in [0.4, 0.5) is 17.1 Å². The second-order valence-corrected chi connectivity index (χ2v) is 17.2. The number of rotatable bonds is 11. The molecule has 0 saturated heterocycles. The van der Waals surface area contributed by atoms with Crippen LogP contribution in [0.25, 0.3) is 83.5 Å². The summed E-state index contributed by atoms with van der Waals surface area (Å²) in [6.45, 7) is 0. The highest BCUT2D eigenvalue weighted by Gasteiger charge is 2.21. The maximum Gasteiger partial charge on any atom is 0.0473 e. The molecule has 1 heteroatoms. The third-order valence-corrected chi connectivity index (χ3v) is 12.9. The molecule has 0 saturated carbocycles. The molecule has 0 unspecified atom stereocenters. The van der Waals surface area contributed by atoms with E-state index >= 15 is 0 Å². The lowest BCUT2D eigenvalue weighted by Gasteiger charge is -2.28. The standard InChI is InChI=1S/C66H49N/c1-7-19-48(20-8-1)52-31-33-53(34-32-52)54-35-39-61(40-36-54)67(63-44-58(49-21-9-2-10-22-49)43-59(45-63)50-23-11-3-12-24-50)62-41-37-57(38-42-62)66-64(55-27-15-5-16-28-55)46-60(51-25-13-4-14-26-51)47-65(66)56-29-17-6-18-30-56/h1-17,19-29,31-47H,18,30H2. The molecule has 1 nitrogen and oxygen atoms in total. The van der Waals surface area contributed by atoms with E-state index in [0.717, 1.165) is 29.9 Å². The van der Waals surface area contributed by atoms with Gasteiger partial charge in [0.05, 0.1) is 0 Å². The Balaban J connectivity index is 1.06. The first-order valence-electron chi connectivity index (χ1n) is 23.3. The van der Waals surface area contributed by atoms with Gasteiger partial charge < -0.3 is 4.90 Å². The summed E-state index contributed by atoms with van der Waals surface area (Å²) in [6.07, 6.45) is 8.83. The van der Waals surface area contributed by atoms with Gasteiger partial charge in [0, 0.05) is 17.1 Å². The monoisotopic (exact) mass is 855 g/mol. The van der Waals surface area contributed by atoms with Crippen molar-refractivity contribution in [2.45, 2.75) is 12.8 Å². The zero-order chi connectivity index (χ0) is 44.8. The third kappa shape index (κ3) is 8.84. The van der Waals surface area contributed by atoms with E-state index in [-0.39, 0.29) is 0 Å². The molecule has 67 heavy (non-hydrogen) atoms. The van der Waals surface area contributed by atoms with Gasteiger partial charge in [0.15, 0.2) is 0 Å². The van der Waals surface area contributed by atoms with E-state index in [0.29, 0.717) is 0 Å². The minimum absolute atomic E-state index is 0.997. The number of allylic oxidation sites excluding steroid dienone is 4. The average Bonchev–Trinajstić information content (AvgIpc) is 3.42. The first-order valence-corrected chi connectivity index (χ1v) is 23.3. The summed E-state index contributed by atoms with van der Waals surface area (Å²) in [5.74, 6) is 0. The van der Waals surface area contributed by atoms with Gasteiger partial charge in [0.1, 0.15) is 0 Å². The number of nitrogens with zero attached hydrogens (tertiary/aromatic N) is 1. The third-order valence-electron chi connectivity index (χ3n) is 12.9. The van der Waals surface area contributed by atoms with Crippen LogP contribution in [-0.2, 0) is 0 Å². The predicted octanol–water partition coefficient (Wildman–Crippen LogP) is 18.6. The second-order valence-electron chi connectivity index (χ2n) is 17.2. The van der Waals surface area contributed by atoms with E-state index in [1.165, 1.54) is 89.0 Å². The molecular formula is C66H49N. The summed E-state index contributed by atoms with van der Waals surface area (Å²) in [6, 6.07) is 92.7. The molecule has 10 aromatic rings. The Labute approximate surface area is 395 Å². The van der Waals surface area contributed by atoms with Gasteiger partial charge in [-0.1, -0.05) is 218 Å². The molecular weight excluding hydrogens is 807 g/mol. The summed E-state index contributed by atoms with van der Waals surface area (Å²) in [4.78, 5) is 2.41. The quantitative estimate of drug-likeness (QED) is 0.125. The van der Waals surface area contributed by atoms with Gasteiger partial charge in [-0.15, -0.1) is 0 Å². The first-order chi connectivity index (χ1) is 33.2. The fraction of sp³-hybridized carbons (Fsp3) is 0.0303. The molecule has 0 bridgehead atoms. The molecule has 0 atom stereocenters. The summed E-state index contributed by atoms with van der Waals surface area (Å²) in [7, 11) is 0.